The molecule has 0 radical (unpaired) electrons. The van der Waals surface area contributed by atoms with Gasteiger partial charge in [-0.3, -0.25) is 9.48 Å². The summed E-state index contributed by atoms with van der Waals surface area (Å²) < 4.78 is 93.5. The van der Waals surface area contributed by atoms with Crippen LogP contribution in [0.4, 0.5) is 36.4 Å². The molecule has 0 saturated carbocycles. The second-order valence-corrected chi connectivity index (χ2v) is 8.19. The van der Waals surface area contributed by atoms with Crippen LogP contribution in [0.15, 0.2) is 47.5 Å². The fourth-order valence-corrected chi connectivity index (χ4v) is 3.62. The molecule has 14 heteroatoms. The normalized spacial score (nSPS) is 12.6. The van der Waals surface area contributed by atoms with Gasteiger partial charge in [0.2, 0.25) is 0 Å². The van der Waals surface area contributed by atoms with Gasteiger partial charge in [-0.1, -0.05) is 11.6 Å². The molecule has 198 valence electrons. The Kier molecular flexibility index (Phi) is 8.28. The first kappa shape index (κ1) is 28.1. The number of nitrogens with zero attached hydrogens (tertiary/aromatic N) is 3. The van der Waals surface area contributed by atoms with E-state index in [0.717, 1.165) is 35.9 Å². The molecular formula is C23H18ClF7N4O2. The molecule has 0 aliphatic heterocycles. The number of halogens is 8. The zero-order valence-corrected chi connectivity index (χ0v) is 19.6. The lowest BCUT2D eigenvalue weighted by atomic mass is 10.1. The molecule has 6 nitrogen and oxygen atoms in total. The number of amidine groups is 1. The molecule has 0 saturated heterocycles. The van der Waals surface area contributed by atoms with Crippen LogP contribution < -0.4 is 5.32 Å². The summed E-state index contributed by atoms with van der Waals surface area (Å²) in [6, 6.07) is 6.37. The van der Waals surface area contributed by atoms with E-state index in [4.69, 9.17) is 11.6 Å². The van der Waals surface area contributed by atoms with Gasteiger partial charge in [-0.2, -0.15) is 31.4 Å². The van der Waals surface area contributed by atoms with E-state index in [1.54, 1.807) is 0 Å². The summed E-state index contributed by atoms with van der Waals surface area (Å²) in [5, 5.41) is 15.1. The number of hydrogen-bond acceptors (Lipinski definition) is 4. The van der Waals surface area contributed by atoms with Crippen molar-refractivity contribution < 1.29 is 40.6 Å². The number of aliphatic hydroxyl groups is 1. The minimum absolute atomic E-state index is 0.0481. The number of amides is 1. The summed E-state index contributed by atoms with van der Waals surface area (Å²) >= 11 is 5.84. The lowest BCUT2D eigenvalue weighted by Gasteiger charge is -2.13. The van der Waals surface area contributed by atoms with E-state index < -0.39 is 48.4 Å². The highest BCUT2D eigenvalue weighted by molar-refractivity contribution is 6.30. The molecule has 0 aliphatic carbocycles. The third-order valence-corrected chi connectivity index (χ3v) is 5.30. The molecule has 3 rings (SSSR count). The summed E-state index contributed by atoms with van der Waals surface area (Å²) in [4.78, 5) is 16.9. The Morgan fingerprint density at radius 2 is 1.73 bits per heavy atom. The molecule has 2 N–H and O–H groups in total. The van der Waals surface area contributed by atoms with Crippen LogP contribution in [0, 0.1) is 12.7 Å². The molecule has 0 spiro atoms. The van der Waals surface area contributed by atoms with E-state index in [1.807, 2.05) is 0 Å². The Balaban J connectivity index is 2.03. The molecule has 1 heterocycles. The van der Waals surface area contributed by atoms with E-state index in [9.17, 15) is 40.6 Å². The average Bonchev–Trinajstić information content (AvgIpc) is 3.08. The molecule has 0 bridgehead atoms. The second kappa shape index (κ2) is 10.9. The van der Waals surface area contributed by atoms with E-state index in [0.29, 0.717) is 12.1 Å². The van der Waals surface area contributed by atoms with Crippen LogP contribution in [0.5, 0.6) is 0 Å². The minimum atomic E-state index is -4.81. The van der Waals surface area contributed by atoms with Gasteiger partial charge in [0.1, 0.15) is 11.7 Å². The van der Waals surface area contributed by atoms with Gasteiger partial charge >= 0.3 is 12.4 Å². The Bertz CT molecular complexity index is 1300. The molecule has 0 aliphatic rings. The van der Waals surface area contributed by atoms with Gasteiger partial charge in [0.15, 0.2) is 5.69 Å². The Hall–Kier alpha value is -3.45. The number of rotatable bonds is 6. The smallest absolute Gasteiger partial charge is 0.394 e. The van der Waals surface area contributed by atoms with Crippen LogP contribution in [0.1, 0.15) is 32.9 Å². The highest BCUT2D eigenvalue weighted by Gasteiger charge is 2.38. The van der Waals surface area contributed by atoms with E-state index in [1.165, 1.54) is 6.07 Å². The molecule has 1 amide bonds. The van der Waals surface area contributed by atoms with Gasteiger partial charge in [-0.05, 0) is 49.4 Å². The number of benzene rings is 2. The summed E-state index contributed by atoms with van der Waals surface area (Å²) in [5.41, 5.74) is -2.84. The molecule has 0 unspecified atom stereocenters. The maximum atomic E-state index is 13.8. The van der Waals surface area contributed by atoms with Crippen molar-refractivity contribution in [3.05, 3.63) is 81.4 Å². The first-order valence-electron chi connectivity index (χ1n) is 10.5. The van der Waals surface area contributed by atoms with Crippen LogP contribution in [0.25, 0.3) is 0 Å². The van der Waals surface area contributed by atoms with Crippen molar-refractivity contribution in [3.63, 3.8) is 0 Å². The maximum absolute atomic E-state index is 13.8. The number of aliphatic hydroxyl groups excluding tert-OH is 1. The predicted octanol–water partition coefficient (Wildman–Crippen LogP) is 5.72. The number of aromatic nitrogens is 2. The Morgan fingerprint density at radius 3 is 2.27 bits per heavy atom. The van der Waals surface area contributed by atoms with Crippen LogP contribution in [0.3, 0.4) is 0 Å². The van der Waals surface area contributed by atoms with Gasteiger partial charge in [-0.25, -0.2) is 9.38 Å². The SMILES string of the molecule is Cc1c(C(F)(F)F)nn(CCO)c1CC(=Nc1cc(F)cc(Cl)c1)NC(=O)c1ccc(C(F)(F)F)cc1. The van der Waals surface area contributed by atoms with Crippen molar-refractivity contribution >= 4 is 29.0 Å². The fraction of sp³-hybridized carbons (Fsp3) is 0.261. The monoisotopic (exact) mass is 550 g/mol. The third-order valence-electron chi connectivity index (χ3n) is 5.08. The van der Waals surface area contributed by atoms with E-state index >= 15 is 0 Å². The zero-order chi connectivity index (χ0) is 27.5. The van der Waals surface area contributed by atoms with Crippen molar-refractivity contribution in [3.8, 4) is 0 Å². The lowest BCUT2D eigenvalue weighted by Crippen LogP contribution is -2.33. The van der Waals surface area contributed by atoms with Crippen molar-refractivity contribution in [1.82, 2.24) is 15.1 Å². The molecule has 3 aromatic rings. The molecule has 0 atom stereocenters. The summed E-state index contributed by atoms with van der Waals surface area (Å²) in [6.07, 6.45) is -9.90. The number of hydrogen-bond donors (Lipinski definition) is 2. The van der Waals surface area contributed by atoms with Crippen LogP contribution in [-0.4, -0.2) is 33.2 Å². The number of alkyl halides is 6. The van der Waals surface area contributed by atoms with Crippen molar-refractivity contribution in [1.29, 1.82) is 0 Å². The van der Waals surface area contributed by atoms with Gasteiger partial charge in [0, 0.05) is 28.3 Å². The predicted molar refractivity (Wildman–Crippen MR) is 120 cm³/mol. The summed E-state index contributed by atoms with van der Waals surface area (Å²) in [7, 11) is 0. The van der Waals surface area contributed by atoms with Gasteiger partial charge in [0.25, 0.3) is 5.91 Å². The topological polar surface area (TPSA) is 79.5 Å². The number of aliphatic imine (C=N–C) groups is 1. The van der Waals surface area contributed by atoms with Gasteiger partial charge in [0.05, 0.1) is 24.4 Å². The van der Waals surface area contributed by atoms with E-state index in [2.05, 4.69) is 15.4 Å². The number of nitrogens with one attached hydrogen (secondary N) is 1. The van der Waals surface area contributed by atoms with Crippen LogP contribution in [-0.2, 0) is 25.3 Å². The zero-order valence-electron chi connectivity index (χ0n) is 18.9. The number of carbonyl (C=O) groups is 1. The Labute approximate surface area is 210 Å². The van der Waals surface area contributed by atoms with Gasteiger partial charge in [-0.15, -0.1) is 0 Å². The molecule has 2 aromatic carbocycles. The highest BCUT2D eigenvalue weighted by atomic mass is 35.5. The fourth-order valence-electron chi connectivity index (χ4n) is 3.40. The first-order chi connectivity index (χ1) is 17.2. The van der Waals surface area contributed by atoms with E-state index in [-0.39, 0.29) is 39.9 Å². The quantitative estimate of drug-likeness (QED) is 0.234. The molecular weight excluding hydrogens is 533 g/mol. The van der Waals surface area contributed by atoms with Gasteiger partial charge < -0.3 is 10.4 Å². The largest absolute Gasteiger partial charge is 0.435 e. The molecule has 1 aromatic heterocycles. The highest BCUT2D eigenvalue weighted by Crippen LogP contribution is 2.33. The standard InChI is InChI=1S/C23H18ClF7N4O2/c1-12-18(35(6-7-36)34-20(12)23(29,30)31)11-19(32-17-9-15(24)8-16(25)10-17)33-21(37)13-2-4-14(5-3-13)22(26,27)28/h2-5,8-10,36H,6-7,11H2,1H3,(H,32,33,37). The third kappa shape index (κ3) is 7.07. The molecule has 37 heavy (non-hydrogen) atoms. The average molecular weight is 551 g/mol. The van der Waals surface area contributed by atoms with Crippen LogP contribution in [0.2, 0.25) is 5.02 Å². The second-order valence-electron chi connectivity index (χ2n) is 7.76. The first-order valence-corrected chi connectivity index (χ1v) is 10.8. The van der Waals surface area contributed by atoms with Crippen molar-refractivity contribution in [2.24, 2.45) is 4.99 Å². The maximum Gasteiger partial charge on any atom is 0.435 e. The lowest BCUT2D eigenvalue weighted by molar-refractivity contribution is -0.142. The minimum Gasteiger partial charge on any atom is -0.394 e. The number of carbonyl (C=O) groups excluding carboxylic acids is 1. The summed E-state index contributed by atoms with van der Waals surface area (Å²) in [6.45, 7) is 0.293. The van der Waals surface area contributed by atoms with Crippen molar-refractivity contribution in [2.45, 2.75) is 32.2 Å². The van der Waals surface area contributed by atoms with Crippen LogP contribution >= 0.6 is 11.6 Å². The Morgan fingerprint density at radius 1 is 1.08 bits per heavy atom. The van der Waals surface area contributed by atoms with Crippen molar-refractivity contribution in [2.75, 3.05) is 6.61 Å². The summed E-state index contributed by atoms with van der Waals surface area (Å²) in [5.74, 6) is -1.97. The molecule has 0 fully saturated rings.